The highest BCUT2D eigenvalue weighted by Gasteiger charge is 2.15. The molecule has 2 heterocycles. The molecule has 30 heavy (non-hydrogen) atoms. The predicted octanol–water partition coefficient (Wildman–Crippen LogP) is 3.82. The lowest BCUT2D eigenvalue weighted by Gasteiger charge is -2.20. The molecule has 1 saturated heterocycles. The van der Waals surface area contributed by atoms with E-state index < -0.39 is 0 Å². The van der Waals surface area contributed by atoms with E-state index in [9.17, 15) is 9.18 Å². The number of fused-ring (bicyclic) bond motifs is 1. The van der Waals surface area contributed by atoms with Crippen LogP contribution in [0.25, 0.3) is 10.9 Å². The number of hydrogen-bond donors (Lipinski definition) is 3. The van der Waals surface area contributed by atoms with Gasteiger partial charge in [0, 0.05) is 56.2 Å². The Balaban J connectivity index is 0.00000320. The molecule has 0 atom stereocenters. The third-order valence-corrected chi connectivity index (χ3v) is 5.29. The predicted molar refractivity (Wildman–Crippen MR) is 131 cm³/mol. The molecule has 1 amide bonds. The standard InChI is InChI=1S/C22H32FN5O.HI/c1-2-24-22(25-11-6-14-28-13-5-3-4-7-21(28)29)26-12-10-17-16-27-20-9-8-18(23)15-19(17)20;/h8-9,15-16,27H,2-7,10-14H2,1H3,(H2,24,25,26);1H. The molecule has 1 aliphatic rings. The fourth-order valence-electron chi connectivity index (χ4n) is 3.74. The van der Waals surface area contributed by atoms with Gasteiger partial charge in [-0.2, -0.15) is 0 Å². The molecule has 2 aromatic rings. The van der Waals surface area contributed by atoms with E-state index in [1.807, 2.05) is 18.0 Å². The quantitative estimate of drug-likeness (QED) is 0.211. The Labute approximate surface area is 195 Å². The molecule has 1 aliphatic heterocycles. The Morgan fingerprint density at radius 3 is 2.97 bits per heavy atom. The van der Waals surface area contributed by atoms with E-state index in [0.717, 1.165) is 74.2 Å². The average Bonchev–Trinajstić information content (AvgIpc) is 2.98. The van der Waals surface area contributed by atoms with E-state index in [4.69, 9.17) is 0 Å². The molecule has 0 bridgehead atoms. The summed E-state index contributed by atoms with van der Waals surface area (Å²) in [6.07, 6.45) is 7.54. The smallest absolute Gasteiger partial charge is 0.222 e. The SMILES string of the molecule is CCNC(=NCCCN1CCCCCC1=O)NCCc1c[nH]c2ccc(F)cc12.I. The van der Waals surface area contributed by atoms with Crippen LogP contribution in [-0.2, 0) is 11.2 Å². The van der Waals surface area contributed by atoms with Crippen LogP contribution >= 0.6 is 24.0 Å². The van der Waals surface area contributed by atoms with Crippen molar-refractivity contribution in [3.63, 3.8) is 0 Å². The first-order valence-corrected chi connectivity index (χ1v) is 10.7. The Kier molecular flexibility index (Phi) is 10.4. The van der Waals surface area contributed by atoms with E-state index in [1.54, 1.807) is 12.1 Å². The zero-order chi connectivity index (χ0) is 20.5. The van der Waals surface area contributed by atoms with Gasteiger partial charge in [-0.25, -0.2) is 4.39 Å². The summed E-state index contributed by atoms with van der Waals surface area (Å²) in [5, 5.41) is 7.53. The Morgan fingerprint density at radius 2 is 2.13 bits per heavy atom. The monoisotopic (exact) mass is 529 g/mol. The minimum atomic E-state index is -0.218. The topological polar surface area (TPSA) is 72.5 Å². The van der Waals surface area contributed by atoms with Crippen LogP contribution in [0, 0.1) is 5.82 Å². The molecule has 3 N–H and O–H groups in total. The van der Waals surface area contributed by atoms with E-state index in [1.165, 1.54) is 6.07 Å². The lowest BCUT2D eigenvalue weighted by molar-refractivity contribution is -0.130. The number of aromatic nitrogens is 1. The van der Waals surface area contributed by atoms with Gasteiger partial charge in [0.1, 0.15) is 5.82 Å². The lowest BCUT2D eigenvalue weighted by Crippen LogP contribution is -2.38. The molecule has 0 aliphatic carbocycles. The van der Waals surface area contributed by atoms with Crippen LogP contribution in [0.5, 0.6) is 0 Å². The second kappa shape index (κ2) is 12.8. The van der Waals surface area contributed by atoms with Crippen molar-refractivity contribution in [2.24, 2.45) is 4.99 Å². The largest absolute Gasteiger partial charge is 0.361 e. The highest BCUT2D eigenvalue weighted by Crippen LogP contribution is 2.19. The van der Waals surface area contributed by atoms with Crippen LogP contribution in [0.3, 0.4) is 0 Å². The molecule has 0 radical (unpaired) electrons. The number of carbonyl (C=O) groups excluding carboxylic acids is 1. The molecular weight excluding hydrogens is 496 g/mol. The van der Waals surface area contributed by atoms with E-state index in [0.29, 0.717) is 19.5 Å². The number of halogens is 2. The Morgan fingerprint density at radius 1 is 1.27 bits per heavy atom. The maximum atomic E-state index is 13.5. The number of likely N-dealkylation sites (tertiary alicyclic amines) is 1. The zero-order valence-electron chi connectivity index (χ0n) is 17.7. The van der Waals surface area contributed by atoms with Gasteiger partial charge in [-0.3, -0.25) is 9.79 Å². The van der Waals surface area contributed by atoms with Crippen LogP contribution in [0.15, 0.2) is 29.4 Å². The minimum absolute atomic E-state index is 0. The molecule has 0 unspecified atom stereocenters. The van der Waals surface area contributed by atoms with Gasteiger partial charge in [0.15, 0.2) is 5.96 Å². The molecule has 0 spiro atoms. The summed E-state index contributed by atoms with van der Waals surface area (Å²) >= 11 is 0. The molecule has 0 saturated carbocycles. The number of amides is 1. The Hall–Kier alpha value is -1.84. The number of guanidine groups is 1. The van der Waals surface area contributed by atoms with Crippen molar-refractivity contribution in [3.8, 4) is 0 Å². The number of H-pyrrole nitrogens is 1. The maximum Gasteiger partial charge on any atom is 0.222 e. The highest BCUT2D eigenvalue weighted by atomic mass is 127. The molecule has 166 valence electrons. The normalized spacial score (nSPS) is 15.1. The van der Waals surface area contributed by atoms with E-state index >= 15 is 0 Å². The molecule has 1 aromatic carbocycles. The van der Waals surface area contributed by atoms with E-state index in [2.05, 4.69) is 20.6 Å². The van der Waals surface area contributed by atoms with E-state index in [-0.39, 0.29) is 35.7 Å². The van der Waals surface area contributed by atoms with Gasteiger partial charge >= 0.3 is 0 Å². The molecular formula is C22H33FIN5O. The molecule has 1 aromatic heterocycles. The van der Waals surface area contributed by atoms with Crippen LogP contribution < -0.4 is 10.6 Å². The summed E-state index contributed by atoms with van der Waals surface area (Å²) in [5.74, 6) is 0.844. The first-order chi connectivity index (χ1) is 14.2. The highest BCUT2D eigenvalue weighted by molar-refractivity contribution is 14.0. The Bertz CT molecular complexity index is 838. The van der Waals surface area contributed by atoms with Gasteiger partial charge < -0.3 is 20.5 Å². The van der Waals surface area contributed by atoms with Crippen LogP contribution in [-0.4, -0.2) is 54.5 Å². The zero-order valence-corrected chi connectivity index (χ0v) is 20.0. The molecule has 1 fully saturated rings. The second-order valence-electron chi connectivity index (χ2n) is 7.49. The fourth-order valence-corrected chi connectivity index (χ4v) is 3.74. The van der Waals surface area contributed by atoms with Crippen molar-refractivity contribution in [3.05, 3.63) is 35.8 Å². The summed E-state index contributed by atoms with van der Waals surface area (Å²) in [5.41, 5.74) is 2.03. The number of nitrogens with one attached hydrogen (secondary N) is 3. The maximum absolute atomic E-state index is 13.5. The van der Waals surface area contributed by atoms with Crippen LogP contribution in [0.2, 0.25) is 0 Å². The number of hydrogen-bond acceptors (Lipinski definition) is 2. The summed E-state index contributed by atoms with van der Waals surface area (Å²) in [6, 6.07) is 4.81. The summed E-state index contributed by atoms with van der Waals surface area (Å²) < 4.78 is 13.5. The number of aliphatic imine (C=N–C) groups is 1. The molecule has 6 nitrogen and oxygen atoms in total. The number of nitrogens with zero attached hydrogens (tertiary/aromatic N) is 2. The first-order valence-electron chi connectivity index (χ1n) is 10.7. The number of benzene rings is 1. The summed E-state index contributed by atoms with van der Waals surface area (Å²) in [7, 11) is 0. The third-order valence-electron chi connectivity index (χ3n) is 5.29. The molecule has 8 heteroatoms. The van der Waals surface area contributed by atoms with Gasteiger partial charge in [0.2, 0.25) is 5.91 Å². The van der Waals surface area contributed by atoms with Gasteiger partial charge in [-0.15, -0.1) is 24.0 Å². The second-order valence-corrected chi connectivity index (χ2v) is 7.49. The van der Waals surface area contributed by atoms with Gasteiger partial charge in [-0.1, -0.05) is 6.42 Å². The van der Waals surface area contributed by atoms with Gasteiger partial charge in [-0.05, 0) is 56.4 Å². The first kappa shape index (κ1) is 24.4. The number of carbonyl (C=O) groups is 1. The third kappa shape index (κ3) is 7.14. The summed E-state index contributed by atoms with van der Waals surface area (Å²) in [6.45, 7) is 5.87. The lowest BCUT2D eigenvalue weighted by atomic mass is 10.1. The van der Waals surface area contributed by atoms with Gasteiger partial charge in [0.05, 0.1) is 0 Å². The van der Waals surface area contributed by atoms with Crippen LogP contribution in [0.1, 0.15) is 44.6 Å². The average molecular weight is 529 g/mol. The van der Waals surface area contributed by atoms with Crippen molar-refractivity contribution in [2.45, 2.75) is 45.4 Å². The van der Waals surface area contributed by atoms with Crippen LogP contribution in [0.4, 0.5) is 4.39 Å². The van der Waals surface area contributed by atoms with Crippen molar-refractivity contribution < 1.29 is 9.18 Å². The molecule has 3 rings (SSSR count). The fraction of sp³-hybridized carbons (Fsp3) is 0.545. The number of rotatable bonds is 8. The van der Waals surface area contributed by atoms with Crippen molar-refractivity contribution in [2.75, 3.05) is 32.7 Å². The summed E-state index contributed by atoms with van der Waals surface area (Å²) in [4.78, 5) is 21.9. The van der Waals surface area contributed by atoms with Gasteiger partial charge in [0.25, 0.3) is 0 Å². The van der Waals surface area contributed by atoms with Crippen molar-refractivity contribution in [1.82, 2.24) is 20.5 Å². The minimum Gasteiger partial charge on any atom is -0.361 e. The van der Waals surface area contributed by atoms with Crippen molar-refractivity contribution >= 4 is 46.7 Å². The number of aromatic amines is 1. The van der Waals surface area contributed by atoms with Crippen molar-refractivity contribution in [1.29, 1.82) is 0 Å².